The maximum absolute atomic E-state index is 13.5. The molecule has 4 rings (SSSR count). The number of carbonyl (C=O) groups excluding carboxylic acids is 2. The van der Waals surface area contributed by atoms with Crippen molar-refractivity contribution in [1.29, 1.82) is 0 Å². The van der Waals surface area contributed by atoms with Crippen molar-refractivity contribution in [3.05, 3.63) is 41.5 Å². The summed E-state index contributed by atoms with van der Waals surface area (Å²) in [5.74, 6) is -5.45. The third-order valence-electron chi connectivity index (χ3n) is 5.40. The highest BCUT2D eigenvalue weighted by Crippen LogP contribution is 2.33. The first-order valence-corrected chi connectivity index (χ1v) is 10.8. The lowest BCUT2D eigenvalue weighted by atomic mass is 10.1. The van der Waals surface area contributed by atoms with Crippen molar-refractivity contribution in [3.8, 4) is 5.75 Å². The standard InChI is InChI=1S/C19H20F3N5O4S/c1-23-19(29)27-5-9-8-31-17-14(32(30)25-13(9)6-27)7-26(2)16(17)18(28)24-10-3-11(20)15(22)12(21)4-10/h3-4,7,9,13,25H,5-6,8H2,1-2H3,(H,23,29)(H,24,28). The first-order valence-electron chi connectivity index (χ1n) is 9.62. The lowest BCUT2D eigenvalue weighted by molar-refractivity contribution is 0.101. The van der Waals surface area contributed by atoms with E-state index >= 15 is 0 Å². The van der Waals surface area contributed by atoms with Gasteiger partial charge in [0.2, 0.25) is 0 Å². The number of anilines is 1. The van der Waals surface area contributed by atoms with E-state index in [4.69, 9.17) is 4.74 Å². The Balaban J connectivity index is 1.60. The molecule has 3 N–H and O–H groups in total. The van der Waals surface area contributed by atoms with Crippen molar-refractivity contribution in [1.82, 2.24) is 19.5 Å². The van der Waals surface area contributed by atoms with Crippen molar-refractivity contribution in [2.75, 3.05) is 32.1 Å². The summed E-state index contributed by atoms with van der Waals surface area (Å²) < 4.78 is 63.4. The Labute approximate surface area is 183 Å². The molecular formula is C19H20F3N5O4S. The molecule has 3 unspecified atom stereocenters. The number of aryl methyl sites for hydroxylation is 1. The van der Waals surface area contributed by atoms with Crippen molar-refractivity contribution < 1.29 is 31.7 Å². The first-order chi connectivity index (χ1) is 15.2. The van der Waals surface area contributed by atoms with E-state index in [9.17, 15) is 27.0 Å². The molecule has 1 aromatic heterocycles. The second-order valence-corrected chi connectivity index (χ2v) is 8.73. The minimum Gasteiger partial charge on any atom is -0.489 e. The molecule has 0 saturated carbocycles. The van der Waals surface area contributed by atoms with Crippen molar-refractivity contribution in [3.63, 3.8) is 0 Å². The number of halogens is 3. The summed E-state index contributed by atoms with van der Waals surface area (Å²) in [5.41, 5.74) is -0.316. The van der Waals surface area contributed by atoms with Gasteiger partial charge < -0.3 is 24.8 Å². The fourth-order valence-electron chi connectivity index (χ4n) is 3.82. The van der Waals surface area contributed by atoms with Crippen molar-refractivity contribution >= 4 is 28.6 Å². The van der Waals surface area contributed by atoms with Crippen LogP contribution in [0, 0.1) is 23.4 Å². The fourth-order valence-corrected chi connectivity index (χ4v) is 5.06. The second kappa shape index (κ2) is 8.47. The minimum absolute atomic E-state index is 0.0279. The smallest absolute Gasteiger partial charge is 0.317 e. The normalized spacial score (nSPS) is 22.3. The number of fused-ring (bicyclic) bond motifs is 2. The molecule has 32 heavy (non-hydrogen) atoms. The number of nitrogens with zero attached hydrogens (tertiary/aromatic N) is 2. The summed E-state index contributed by atoms with van der Waals surface area (Å²) in [5, 5.41) is 4.85. The van der Waals surface area contributed by atoms with Crippen LogP contribution < -0.4 is 20.1 Å². The molecule has 0 bridgehead atoms. The summed E-state index contributed by atoms with van der Waals surface area (Å²) >= 11 is 0. The minimum atomic E-state index is -1.75. The van der Waals surface area contributed by atoms with Gasteiger partial charge in [0.1, 0.15) is 15.9 Å². The molecule has 3 amide bonds. The number of aromatic nitrogens is 1. The molecule has 9 nitrogen and oxygen atoms in total. The molecule has 1 saturated heterocycles. The molecule has 1 aromatic carbocycles. The maximum atomic E-state index is 13.5. The third-order valence-corrected chi connectivity index (χ3v) is 6.61. The van der Waals surface area contributed by atoms with Gasteiger partial charge in [-0.15, -0.1) is 0 Å². The highest BCUT2D eigenvalue weighted by molar-refractivity contribution is 7.83. The number of ether oxygens (including phenoxy) is 1. The summed E-state index contributed by atoms with van der Waals surface area (Å²) in [6, 6.07) is 0.769. The van der Waals surface area contributed by atoms with E-state index < -0.39 is 34.3 Å². The predicted octanol–water partition coefficient (Wildman–Crippen LogP) is 1.34. The molecule has 0 radical (unpaired) electrons. The van der Waals surface area contributed by atoms with Crippen molar-refractivity contribution in [2.24, 2.45) is 13.0 Å². The molecule has 3 atom stereocenters. The summed E-state index contributed by atoms with van der Waals surface area (Å²) in [7, 11) is 1.30. The van der Waals surface area contributed by atoms with Gasteiger partial charge in [0.25, 0.3) is 5.91 Å². The SMILES string of the molecule is CNC(=O)N1CC2COc3c(cn(C)c3C(=O)Nc3cc(F)c(F)c(F)c3)S(=O)NC2C1. The van der Waals surface area contributed by atoms with E-state index in [-0.39, 0.29) is 46.6 Å². The van der Waals surface area contributed by atoms with Gasteiger partial charge in [0, 0.05) is 63.2 Å². The lowest BCUT2D eigenvalue weighted by Gasteiger charge is -2.23. The molecular weight excluding hydrogens is 451 g/mol. The number of likely N-dealkylation sites (tertiary alicyclic amines) is 1. The molecule has 13 heteroatoms. The van der Waals surface area contributed by atoms with Crippen LogP contribution in [-0.2, 0) is 18.0 Å². The summed E-state index contributed by atoms with van der Waals surface area (Å²) in [6.45, 7) is 0.850. The first kappa shape index (κ1) is 22.1. The Morgan fingerprint density at radius 2 is 1.91 bits per heavy atom. The average Bonchev–Trinajstić information content (AvgIpc) is 3.28. The quantitative estimate of drug-likeness (QED) is 0.575. The molecule has 0 aliphatic carbocycles. The highest BCUT2D eigenvalue weighted by Gasteiger charge is 2.39. The van der Waals surface area contributed by atoms with Crippen LogP contribution in [0.3, 0.4) is 0 Å². The molecule has 2 aliphatic rings. The number of benzene rings is 1. The number of hydrogen-bond acceptors (Lipinski definition) is 4. The monoisotopic (exact) mass is 471 g/mol. The van der Waals surface area contributed by atoms with E-state index in [1.165, 1.54) is 24.9 Å². The number of hydrogen-bond donors (Lipinski definition) is 3. The number of urea groups is 1. The summed E-state index contributed by atoms with van der Waals surface area (Å²) in [4.78, 5) is 26.6. The van der Waals surface area contributed by atoms with E-state index in [0.717, 1.165) is 0 Å². The maximum Gasteiger partial charge on any atom is 0.317 e. The zero-order valence-electron chi connectivity index (χ0n) is 17.1. The van der Waals surface area contributed by atoms with Gasteiger partial charge in [0.15, 0.2) is 28.9 Å². The van der Waals surface area contributed by atoms with Gasteiger partial charge in [-0.05, 0) is 0 Å². The van der Waals surface area contributed by atoms with Gasteiger partial charge in [-0.3, -0.25) is 4.79 Å². The average molecular weight is 471 g/mol. The van der Waals surface area contributed by atoms with Gasteiger partial charge >= 0.3 is 6.03 Å². The van der Waals surface area contributed by atoms with Crippen LogP contribution in [0.1, 0.15) is 10.5 Å². The summed E-state index contributed by atoms with van der Waals surface area (Å²) in [6.07, 6.45) is 1.45. The Morgan fingerprint density at radius 1 is 1.22 bits per heavy atom. The molecule has 2 aromatic rings. The van der Waals surface area contributed by atoms with Crippen LogP contribution in [0.15, 0.2) is 23.2 Å². The third kappa shape index (κ3) is 3.93. The Kier molecular flexibility index (Phi) is 5.86. The van der Waals surface area contributed by atoms with Gasteiger partial charge in [-0.1, -0.05) is 0 Å². The van der Waals surface area contributed by atoms with E-state index in [2.05, 4.69) is 15.4 Å². The van der Waals surface area contributed by atoms with Gasteiger partial charge in [-0.25, -0.2) is 26.9 Å². The van der Waals surface area contributed by atoms with Crippen LogP contribution in [0.2, 0.25) is 0 Å². The predicted molar refractivity (Wildman–Crippen MR) is 108 cm³/mol. The lowest BCUT2D eigenvalue weighted by Crippen LogP contribution is -2.42. The van der Waals surface area contributed by atoms with Crippen LogP contribution in [0.5, 0.6) is 5.75 Å². The Hall–Kier alpha value is -3.06. The molecule has 2 aliphatic heterocycles. The molecule has 3 heterocycles. The number of nitrogens with one attached hydrogen (secondary N) is 3. The number of amides is 3. The van der Waals surface area contributed by atoms with Crippen LogP contribution in [0.4, 0.5) is 23.7 Å². The largest absolute Gasteiger partial charge is 0.489 e. The molecule has 0 spiro atoms. The van der Waals surface area contributed by atoms with Gasteiger partial charge in [0.05, 0.1) is 6.61 Å². The van der Waals surface area contributed by atoms with Gasteiger partial charge in [-0.2, -0.15) is 0 Å². The van der Waals surface area contributed by atoms with Crippen LogP contribution in [0.25, 0.3) is 0 Å². The zero-order valence-corrected chi connectivity index (χ0v) is 17.9. The highest BCUT2D eigenvalue weighted by atomic mass is 32.2. The number of rotatable bonds is 2. The topological polar surface area (TPSA) is 105 Å². The molecule has 172 valence electrons. The van der Waals surface area contributed by atoms with Crippen LogP contribution in [-0.4, -0.2) is 58.4 Å². The van der Waals surface area contributed by atoms with E-state index in [1.54, 1.807) is 4.90 Å². The Morgan fingerprint density at radius 3 is 2.56 bits per heavy atom. The molecule has 1 fully saturated rings. The van der Waals surface area contributed by atoms with E-state index in [1.807, 2.05) is 0 Å². The Bertz CT molecular complexity index is 1100. The van der Waals surface area contributed by atoms with Crippen molar-refractivity contribution in [2.45, 2.75) is 10.9 Å². The van der Waals surface area contributed by atoms with Crippen LogP contribution >= 0.6 is 0 Å². The van der Waals surface area contributed by atoms with E-state index in [0.29, 0.717) is 25.2 Å². The number of carbonyl (C=O) groups is 2. The fraction of sp³-hybridized carbons (Fsp3) is 0.368. The zero-order chi connectivity index (χ0) is 23.2. The second-order valence-electron chi connectivity index (χ2n) is 7.51.